The standard InChI is InChI=1S/C17H19N3O2/c1-21-17(6-8-22-9-7-17)12-20-16-13(10-18)11-19-15-5-3-2-4-14(15)16/h2-5,11H,6-9,12H2,1H3,(H,19,20). The molecule has 0 spiro atoms. The van der Waals surface area contributed by atoms with E-state index in [0.717, 1.165) is 29.4 Å². The number of hydrogen-bond acceptors (Lipinski definition) is 5. The van der Waals surface area contributed by atoms with Crippen molar-refractivity contribution in [2.45, 2.75) is 18.4 Å². The Morgan fingerprint density at radius 1 is 1.36 bits per heavy atom. The van der Waals surface area contributed by atoms with Gasteiger partial charge in [0.1, 0.15) is 6.07 Å². The zero-order valence-electron chi connectivity index (χ0n) is 12.6. The number of rotatable bonds is 4. The Hall–Kier alpha value is -2.16. The molecule has 0 aliphatic carbocycles. The van der Waals surface area contributed by atoms with Crippen LogP contribution in [-0.4, -0.2) is 37.5 Å². The number of para-hydroxylation sites is 1. The third-order valence-electron chi connectivity index (χ3n) is 4.32. The van der Waals surface area contributed by atoms with Gasteiger partial charge in [-0.05, 0) is 6.07 Å². The van der Waals surface area contributed by atoms with Crippen LogP contribution in [0.4, 0.5) is 5.69 Å². The number of aromatic nitrogens is 1. The predicted octanol–water partition coefficient (Wildman–Crippen LogP) is 2.71. The van der Waals surface area contributed by atoms with Gasteiger partial charge in [0.15, 0.2) is 0 Å². The summed E-state index contributed by atoms with van der Waals surface area (Å²) in [4.78, 5) is 4.33. The van der Waals surface area contributed by atoms with E-state index in [1.807, 2.05) is 24.3 Å². The quantitative estimate of drug-likeness (QED) is 0.940. The highest BCUT2D eigenvalue weighted by molar-refractivity contribution is 5.93. The van der Waals surface area contributed by atoms with Crippen molar-refractivity contribution in [1.29, 1.82) is 5.26 Å². The normalized spacial score (nSPS) is 17.1. The lowest BCUT2D eigenvalue weighted by Crippen LogP contribution is -2.44. The molecule has 2 heterocycles. The number of nitriles is 1. The summed E-state index contributed by atoms with van der Waals surface area (Å²) in [6.07, 6.45) is 3.32. The molecule has 1 aromatic heterocycles. The Labute approximate surface area is 129 Å². The van der Waals surface area contributed by atoms with Crippen LogP contribution >= 0.6 is 0 Å². The molecule has 0 bridgehead atoms. The molecular weight excluding hydrogens is 278 g/mol. The van der Waals surface area contributed by atoms with Crippen LogP contribution in [0.1, 0.15) is 18.4 Å². The average molecular weight is 297 g/mol. The fraction of sp³-hybridized carbons (Fsp3) is 0.412. The summed E-state index contributed by atoms with van der Waals surface area (Å²) in [5.74, 6) is 0. The number of ether oxygens (including phenoxy) is 2. The maximum absolute atomic E-state index is 9.36. The molecule has 1 aromatic carbocycles. The van der Waals surface area contributed by atoms with Crippen molar-refractivity contribution in [3.8, 4) is 6.07 Å². The third-order valence-corrected chi connectivity index (χ3v) is 4.32. The van der Waals surface area contributed by atoms with Crippen LogP contribution in [0.5, 0.6) is 0 Å². The van der Waals surface area contributed by atoms with Crippen molar-refractivity contribution in [2.24, 2.45) is 0 Å². The van der Waals surface area contributed by atoms with Crippen LogP contribution in [0.25, 0.3) is 10.9 Å². The maximum atomic E-state index is 9.36. The molecule has 1 aliphatic heterocycles. The molecule has 0 saturated carbocycles. The van der Waals surface area contributed by atoms with Crippen LogP contribution in [0.2, 0.25) is 0 Å². The lowest BCUT2D eigenvalue weighted by atomic mass is 9.93. The monoisotopic (exact) mass is 297 g/mol. The van der Waals surface area contributed by atoms with Crippen LogP contribution in [0.15, 0.2) is 30.5 Å². The number of nitrogens with one attached hydrogen (secondary N) is 1. The van der Waals surface area contributed by atoms with E-state index >= 15 is 0 Å². The van der Waals surface area contributed by atoms with E-state index < -0.39 is 0 Å². The largest absolute Gasteiger partial charge is 0.381 e. The lowest BCUT2D eigenvalue weighted by molar-refractivity contribution is -0.0807. The van der Waals surface area contributed by atoms with Crippen molar-refractivity contribution < 1.29 is 9.47 Å². The van der Waals surface area contributed by atoms with Gasteiger partial charge >= 0.3 is 0 Å². The zero-order valence-corrected chi connectivity index (χ0v) is 12.6. The molecule has 0 radical (unpaired) electrons. The average Bonchev–Trinajstić information content (AvgIpc) is 2.60. The van der Waals surface area contributed by atoms with Crippen molar-refractivity contribution in [3.63, 3.8) is 0 Å². The van der Waals surface area contributed by atoms with Crippen LogP contribution in [0.3, 0.4) is 0 Å². The summed E-state index contributed by atoms with van der Waals surface area (Å²) in [6.45, 7) is 2.06. The minimum Gasteiger partial charge on any atom is -0.381 e. The van der Waals surface area contributed by atoms with E-state index in [9.17, 15) is 5.26 Å². The molecule has 1 saturated heterocycles. The smallest absolute Gasteiger partial charge is 0.103 e. The summed E-state index contributed by atoms with van der Waals surface area (Å²) in [6, 6.07) is 10.0. The highest BCUT2D eigenvalue weighted by Gasteiger charge is 2.32. The van der Waals surface area contributed by atoms with Gasteiger partial charge in [0.25, 0.3) is 0 Å². The minimum absolute atomic E-state index is 0.241. The Kier molecular flexibility index (Phi) is 4.23. The first-order valence-electron chi connectivity index (χ1n) is 7.43. The van der Waals surface area contributed by atoms with Gasteiger partial charge < -0.3 is 14.8 Å². The van der Waals surface area contributed by atoms with E-state index in [2.05, 4.69) is 16.4 Å². The van der Waals surface area contributed by atoms with E-state index in [-0.39, 0.29) is 5.60 Å². The Bertz CT molecular complexity index is 703. The van der Waals surface area contributed by atoms with Gasteiger partial charge in [-0.25, -0.2) is 0 Å². The van der Waals surface area contributed by atoms with E-state index in [4.69, 9.17) is 9.47 Å². The molecule has 1 fully saturated rings. The number of anilines is 1. The van der Waals surface area contributed by atoms with Gasteiger partial charge in [-0.15, -0.1) is 0 Å². The summed E-state index contributed by atoms with van der Waals surface area (Å²) >= 11 is 0. The zero-order chi connectivity index (χ0) is 15.4. The second-order valence-electron chi connectivity index (χ2n) is 5.53. The van der Waals surface area contributed by atoms with Gasteiger partial charge in [-0.1, -0.05) is 18.2 Å². The van der Waals surface area contributed by atoms with Crippen LogP contribution in [0, 0.1) is 11.3 Å². The molecule has 0 amide bonds. The number of methoxy groups -OCH3 is 1. The fourth-order valence-electron chi connectivity index (χ4n) is 2.86. The number of hydrogen-bond donors (Lipinski definition) is 1. The van der Waals surface area contributed by atoms with Crippen molar-refractivity contribution in [1.82, 2.24) is 4.98 Å². The third kappa shape index (κ3) is 2.76. The highest BCUT2D eigenvalue weighted by atomic mass is 16.5. The summed E-state index contributed by atoms with van der Waals surface area (Å²) in [5, 5.41) is 13.7. The highest BCUT2D eigenvalue weighted by Crippen LogP contribution is 2.29. The van der Waals surface area contributed by atoms with E-state index in [1.165, 1.54) is 0 Å². The van der Waals surface area contributed by atoms with Gasteiger partial charge in [-0.2, -0.15) is 5.26 Å². The first-order valence-corrected chi connectivity index (χ1v) is 7.43. The van der Waals surface area contributed by atoms with Gasteiger partial charge in [0.05, 0.1) is 22.4 Å². The van der Waals surface area contributed by atoms with Gasteiger partial charge in [0.2, 0.25) is 0 Å². The Balaban J connectivity index is 1.91. The molecule has 1 aliphatic rings. The van der Waals surface area contributed by atoms with E-state index in [1.54, 1.807) is 13.3 Å². The molecule has 2 aromatic rings. The van der Waals surface area contributed by atoms with Crippen LogP contribution in [-0.2, 0) is 9.47 Å². The summed E-state index contributed by atoms with van der Waals surface area (Å²) in [5.41, 5.74) is 2.02. The van der Waals surface area contributed by atoms with Crippen molar-refractivity contribution in [2.75, 3.05) is 32.2 Å². The van der Waals surface area contributed by atoms with Crippen molar-refractivity contribution >= 4 is 16.6 Å². The Morgan fingerprint density at radius 3 is 2.86 bits per heavy atom. The molecule has 3 rings (SSSR count). The number of pyridine rings is 1. The van der Waals surface area contributed by atoms with Crippen LogP contribution < -0.4 is 5.32 Å². The molecule has 0 unspecified atom stereocenters. The van der Waals surface area contributed by atoms with Gasteiger partial charge in [-0.3, -0.25) is 4.98 Å². The van der Waals surface area contributed by atoms with E-state index in [0.29, 0.717) is 25.3 Å². The minimum atomic E-state index is -0.241. The Morgan fingerprint density at radius 2 is 2.14 bits per heavy atom. The summed E-state index contributed by atoms with van der Waals surface area (Å²) in [7, 11) is 1.74. The summed E-state index contributed by atoms with van der Waals surface area (Å²) < 4.78 is 11.2. The molecule has 5 heteroatoms. The number of nitrogens with zero attached hydrogens (tertiary/aromatic N) is 2. The first kappa shape index (κ1) is 14.8. The molecule has 5 nitrogen and oxygen atoms in total. The second-order valence-corrected chi connectivity index (χ2v) is 5.53. The second kappa shape index (κ2) is 6.30. The predicted molar refractivity (Wildman–Crippen MR) is 84.7 cm³/mol. The van der Waals surface area contributed by atoms with Gasteiger partial charge in [0, 0.05) is 51.3 Å². The lowest BCUT2D eigenvalue weighted by Gasteiger charge is -2.36. The molecule has 22 heavy (non-hydrogen) atoms. The topological polar surface area (TPSA) is 67.2 Å². The fourth-order valence-corrected chi connectivity index (χ4v) is 2.86. The molecule has 0 atom stereocenters. The number of benzene rings is 1. The SMILES string of the molecule is COC1(CNc2c(C#N)cnc3ccccc23)CCOCC1. The first-order chi connectivity index (χ1) is 10.8. The molecule has 114 valence electrons. The maximum Gasteiger partial charge on any atom is 0.103 e. The molecular formula is C17H19N3O2. The molecule has 1 N–H and O–H groups in total. The number of fused-ring (bicyclic) bond motifs is 1. The van der Waals surface area contributed by atoms with Crippen molar-refractivity contribution in [3.05, 3.63) is 36.0 Å².